The lowest BCUT2D eigenvalue weighted by Gasteiger charge is -2.43. The van der Waals surface area contributed by atoms with Crippen LogP contribution in [0.1, 0.15) is 60.5 Å². The smallest absolute Gasteiger partial charge is 0.165 e. The first-order chi connectivity index (χ1) is 8.84. The standard InChI is InChI=1S/C16H19NO/c18-14-9-13-10-3-1-4-11(7-6-10)15(13)16-12(14)5-2-8-17-16/h2,5,8,10-11,13,15H,1,3-4,6-7,9H2. The van der Waals surface area contributed by atoms with Gasteiger partial charge in [0, 0.05) is 24.1 Å². The molecule has 0 saturated heterocycles. The van der Waals surface area contributed by atoms with Crippen LogP contribution in [0.3, 0.4) is 0 Å². The first-order valence-corrected chi connectivity index (χ1v) is 7.32. The zero-order valence-electron chi connectivity index (χ0n) is 10.6. The molecule has 0 aromatic carbocycles. The maximum Gasteiger partial charge on any atom is 0.165 e. The largest absolute Gasteiger partial charge is 0.294 e. The topological polar surface area (TPSA) is 30.0 Å². The third-order valence-electron chi connectivity index (χ3n) is 5.51. The Kier molecular flexibility index (Phi) is 2.33. The molecule has 5 rings (SSSR count). The second-order valence-electron chi connectivity index (χ2n) is 6.28. The van der Waals surface area contributed by atoms with Crippen molar-refractivity contribution in [1.82, 2.24) is 4.98 Å². The molecule has 0 N–H and O–H groups in total. The van der Waals surface area contributed by atoms with Crippen molar-refractivity contribution in [2.75, 3.05) is 0 Å². The predicted octanol–water partition coefficient (Wildman–Crippen LogP) is 3.58. The molecule has 1 aromatic heterocycles. The molecule has 4 aliphatic carbocycles. The van der Waals surface area contributed by atoms with E-state index in [9.17, 15) is 4.79 Å². The van der Waals surface area contributed by atoms with Crippen LogP contribution in [-0.4, -0.2) is 10.8 Å². The maximum absolute atomic E-state index is 12.3. The number of nitrogens with zero attached hydrogens (tertiary/aromatic N) is 1. The van der Waals surface area contributed by atoms with Gasteiger partial charge in [-0.25, -0.2) is 0 Å². The average Bonchev–Trinajstić information content (AvgIpc) is 2.73. The molecule has 1 aromatic rings. The number of ketones is 1. The van der Waals surface area contributed by atoms with E-state index in [4.69, 9.17) is 0 Å². The number of hydrogen-bond donors (Lipinski definition) is 0. The quantitative estimate of drug-likeness (QED) is 0.695. The van der Waals surface area contributed by atoms with Crippen molar-refractivity contribution in [3.8, 4) is 0 Å². The molecule has 2 nitrogen and oxygen atoms in total. The van der Waals surface area contributed by atoms with Crippen LogP contribution in [0.15, 0.2) is 18.3 Å². The van der Waals surface area contributed by atoms with Crippen molar-refractivity contribution in [3.05, 3.63) is 29.6 Å². The number of aromatic nitrogens is 1. The van der Waals surface area contributed by atoms with E-state index in [1.807, 2.05) is 18.3 Å². The Bertz CT molecular complexity index is 492. The van der Waals surface area contributed by atoms with Crippen molar-refractivity contribution in [3.63, 3.8) is 0 Å². The molecule has 4 unspecified atom stereocenters. The molecular weight excluding hydrogens is 222 g/mol. The second-order valence-corrected chi connectivity index (χ2v) is 6.28. The Balaban J connectivity index is 1.86. The van der Waals surface area contributed by atoms with Crippen molar-refractivity contribution in [2.24, 2.45) is 17.8 Å². The van der Waals surface area contributed by atoms with Gasteiger partial charge in [0.05, 0.1) is 5.69 Å². The molecular formula is C16H19NO. The van der Waals surface area contributed by atoms with Gasteiger partial charge < -0.3 is 0 Å². The monoisotopic (exact) mass is 241 g/mol. The van der Waals surface area contributed by atoms with E-state index < -0.39 is 0 Å². The molecule has 3 saturated carbocycles. The summed E-state index contributed by atoms with van der Waals surface area (Å²) in [6.45, 7) is 0. The predicted molar refractivity (Wildman–Crippen MR) is 69.5 cm³/mol. The van der Waals surface area contributed by atoms with Crippen molar-refractivity contribution in [1.29, 1.82) is 0 Å². The highest BCUT2D eigenvalue weighted by Gasteiger charge is 2.47. The Morgan fingerprint density at radius 2 is 1.94 bits per heavy atom. The van der Waals surface area contributed by atoms with Crippen LogP contribution >= 0.6 is 0 Å². The third-order valence-corrected chi connectivity index (χ3v) is 5.51. The van der Waals surface area contributed by atoms with Crippen molar-refractivity contribution in [2.45, 2.75) is 44.4 Å². The van der Waals surface area contributed by atoms with E-state index in [1.54, 1.807) is 0 Å². The summed E-state index contributed by atoms with van der Waals surface area (Å²) in [5.41, 5.74) is 2.06. The third kappa shape index (κ3) is 1.41. The van der Waals surface area contributed by atoms with Crippen molar-refractivity contribution >= 4 is 5.78 Å². The van der Waals surface area contributed by atoms with Gasteiger partial charge >= 0.3 is 0 Å². The van der Waals surface area contributed by atoms with Crippen LogP contribution in [0.4, 0.5) is 0 Å². The number of carbonyl (C=O) groups excluding carboxylic acids is 1. The number of rotatable bonds is 0. The average molecular weight is 241 g/mol. The van der Waals surface area contributed by atoms with E-state index in [0.29, 0.717) is 17.6 Å². The molecule has 94 valence electrons. The maximum atomic E-state index is 12.3. The summed E-state index contributed by atoms with van der Waals surface area (Å²) in [4.78, 5) is 16.9. The highest BCUT2D eigenvalue weighted by molar-refractivity contribution is 5.98. The van der Waals surface area contributed by atoms with Gasteiger partial charge in [0.15, 0.2) is 5.78 Å². The van der Waals surface area contributed by atoms with Gasteiger partial charge in [-0.2, -0.15) is 0 Å². The number of carbonyl (C=O) groups is 1. The lowest BCUT2D eigenvalue weighted by atomic mass is 9.61. The summed E-state index contributed by atoms with van der Waals surface area (Å²) in [7, 11) is 0. The fourth-order valence-corrected chi connectivity index (χ4v) is 4.75. The van der Waals surface area contributed by atoms with E-state index in [-0.39, 0.29) is 0 Å². The van der Waals surface area contributed by atoms with Gasteiger partial charge in [-0.15, -0.1) is 0 Å². The Morgan fingerprint density at radius 3 is 2.89 bits per heavy atom. The highest BCUT2D eigenvalue weighted by atomic mass is 16.1. The molecule has 1 heterocycles. The van der Waals surface area contributed by atoms with Crippen LogP contribution in [0.2, 0.25) is 0 Å². The van der Waals surface area contributed by atoms with Crippen molar-refractivity contribution < 1.29 is 4.79 Å². The van der Waals surface area contributed by atoms with Crippen LogP contribution in [0.5, 0.6) is 0 Å². The fraction of sp³-hybridized carbons (Fsp3) is 0.625. The summed E-state index contributed by atoms with van der Waals surface area (Å²) in [5, 5.41) is 0. The van der Waals surface area contributed by atoms with E-state index in [2.05, 4.69) is 4.98 Å². The van der Waals surface area contributed by atoms with Gasteiger partial charge in [-0.1, -0.05) is 12.8 Å². The van der Waals surface area contributed by atoms with Crippen LogP contribution < -0.4 is 0 Å². The minimum absolute atomic E-state index is 0.340. The summed E-state index contributed by atoms with van der Waals surface area (Å²) in [6.07, 6.45) is 9.41. The minimum atomic E-state index is 0.340. The number of hydrogen-bond acceptors (Lipinski definition) is 2. The molecule has 0 amide bonds. The first-order valence-electron chi connectivity index (χ1n) is 7.32. The Labute approximate surface area is 108 Å². The molecule has 2 bridgehead atoms. The molecule has 0 aliphatic heterocycles. The summed E-state index contributed by atoms with van der Waals surface area (Å²) in [5.74, 6) is 3.09. The Morgan fingerprint density at radius 1 is 1.11 bits per heavy atom. The number of pyridine rings is 1. The summed E-state index contributed by atoms with van der Waals surface area (Å²) < 4.78 is 0. The normalized spacial score (nSPS) is 37.9. The van der Waals surface area contributed by atoms with Crippen LogP contribution in [-0.2, 0) is 0 Å². The SMILES string of the molecule is O=C1CC2C3CCCC(CC3)C2c2ncccc21. The van der Waals surface area contributed by atoms with Crippen LogP contribution in [0, 0.1) is 17.8 Å². The highest BCUT2D eigenvalue weighted by Crippen LogP contribution is 2.54. The molecule has 4 atom stereocenters. The first kappa shape index (κ1) is 10.7. The van der Waals surface area contributed by atoms with Crippen LogP contribution in [0.25, 0.3) is 0 Å². The van der Waals surface area contributed by atoms with Gasteiger partial charge in [0.2, 0.25) is 0 Å². The molecule has 0 radical (unpaired) electrons. The van der Waals surface area contributed by atoms with Gasteiger partial charge in [-0.3, -0.25) is 9.78 Å². The molecule has 2 heteroatoms. The zero-order valence-corrected chi connectivity index (χ0v) is 10.6. The Hall–Kier alpha value is -1.18. The van der Waals surface area contributed by atoms with E-state index >= 15 is 0 Å². The summed E-state index contributed by atoms with van der Waals surface area (Å²) >= 11 is 0. The van der Waals surface area contributed by atoms with Gasteiger partial charge in [0.25, 0.3) is 0 Å². The van der Waals surface area contributed by atoms with Gasteiger partial charge in [0.1, 0.15) is 0 Å². The van der Waals surface area contributed by atoms with Gasteiger partial charge in [-0.05, 0) is 49.1 Å². The molecule has 3 fully saturated rings. The molecule has 18 heavy (non-hydrogen) atoms. The molecule has 0 spiro atoms. The lowest BCUT2D eigenvalue weighted by Crippen LogP contribution is -2.37. The molecule has 4 aliphatic rings. The lowest BCUT2D eigenvalue weighted by molar-refractivity contribution is 0.0822. The fourth-order valence-electron chi connectivity index (χ4n) is 4.75. The number of fused-ring (bicyclic) bond motifs is 4. The van der Waals surface area contributed by atoms with E-state index in [1.165, 1.54) is 32.1 Å². The van der Waals surface area contributed by atoms with E-state index in [0.717, 1.165) is 29.5 Å². The summed E-state index contributed by atoms with van der Waals surface area (Å²) in [6, 6.07) is 3.89. The second kappa shape index (κ2) is 3.91. The number of Topliss-reactive ketones (excluding diaryl/α,β-unsaturated/α-hetero) is 1. The zero-order chi connectivity index (χ0) is 12.1. The minimum Gasteiger partial charge on any atom is -0.294 e.